The van der Waals surface area contributed by atoms with Crippen molar-refractivity contribution in [2.75, 3.05) is 26.7 Å². The molecule has 1 N–H and O–H groups in total. The third-order valence-electron chi connectivity index (χ3n) is 3.77. The second-order valence-electron chi connectivity index (χ2n) is 5.07. The first-order valence-corrected chi connectivity index (χ1v) is 7.14. The van der Waals surface area contributed by atoms with Gasteiger partial charge in [-0.3, -0.25) is 4.90 Å². The molecule has 4 nitrogen and oxygen atoms in total. The van der Waals surface area contributed by atoms with E-state index in [2.05, 4.69) is 45.8 Å². The fourth-order valence-electron chi connectivity index (χ4n) is 2.37. The Kier molecular flexibility index (Phi) is 4.46. The second-order valence-corrected chi connectivity index (χ2v) is 5.92. The molecule has 0 saturated carbocycles. The summed E-state index contributed by atoms with van der Waals surface area (Å²) in [6.07, 6.45) is 0. The highest BCUT2D eigenvalue weighted by Crippen LogP contribution is 2.30. The third-order valence-corrected chi connectivity index (χ3v) is 4.40. The summed E-state index contributed by atoms with van der Waals surface area (Å²) in [7, 11) is 2.11. The fraction of sp³-hybridized carbons (Fsp3) is 0.500. The molecule has 2 atom stereocenters. The number of piperazine rings is 1. The second kappa shape index (κ2) is 5.91. The topological polar surface area (TPSA) is 50.5 Å². The minimum atomic E-state index is -0.256. The summed E-state index contributed by atoms with van der Waals surface area (Å²) in [5.74, 6) is 0.201. The summed E-state index contributed by atoms with van der Waals surface area (Å²) in [4.78, 5) is 4.50. The lowest BCUT2D eigenvalue weighted by Gasteiger charge is -2.39. The number of hydrogen-bond acceptors (Lipinski definition) is 4. The van der Waals surface area contributed by atoms with Crippen LogP contribution >= 0.6 is 15.9 Å². The molecule has 0 aliphatic carbocycles. The maximum atomic E-state index is 9.54. The van der Waals surface area contributed by atoms with E-state index in [-0.39, 0.29) is 11.8 Å². The third kappa shape index (κ3) is 3.08. The summed E-state index contributed by atoms with van der Waals surface area (Å²) in [6, 6.07) is 7.84. The van der Waals surface area contributed by atoms with Crippen LogP contribution in [-0.2, 0) is 0 Å². The van der Waals surface area contributed by atoms with Crippen LogP contribution in [0.1, 0.15) is 18.5 Å². The minimum absolute atomic E-state index is 0.201. The molecule has 19 heavy (non-hydrogen) atoms. The number of hydrogen-bond donors (Lipinski definition) is 1. The normalized spacial score (nSPS) is 22.9. The van der Waals surface area contributed by atoms with E-state index >= 15 is 0 Å². The van der Waals surface area contributed by atoms with Gasteiger partial charge in [-0.05, 0) is 47.6 Å². The van der Waals surface area contributed by atoms with Gasteiger partial charge in [0.2, 0.25) is 0 Å². The van der Waals surface area contributed by atoms with Crippen LogP contribution in [0.15, 0.2) is 22.7 Å². The maximum absolute atomic E-state index is 9.54. The van der Waals surface area contributed by atoms with Crippen LogP contribution in [0.5, 0.6) is 5.75 Å². The quantitative estimate of drug-likeness (QED) is 0.907. The Morgan fingerprint density at radius 1 is 1.47 bits per heavy atom. The first-order chi connectivity index (χ1) is 9.02. The van der Waals surface area contributed by atoms with Gasteiger partial charge >= 0.3 is 0 Å². The summed E-state index contributed by atoms with van der Waals surface area (Å²) in [5.41, 5.74) is 0.920. The first-order valence-electron chi connectivity index (χ1n) is 6.35. The Labute approximate surface area is 122 Å². The van der Waals surface area contributed by atoms with E-state index < -0.39 is 0 Å². The van der Waals surface area contributed by atoms with Crippen molar-refractivity contribution in [1.82, 2.24) is 9.80 Å². The smallest absolute Gasteiger partial charge is 0.129 e. The molecular weight excluding hydrogens is 306 g/mol. The molecule has 1 fully saturated rings. The number of rotatable bonds is 2. The van der Waals surface area contributed by atoms with E-state index in [1.54, 1.807) is 6.07 Å². The molecular formula is C14H18BrN3O. The summed E-state index contributed by atoms with van der Waals surface area (Å²) in [6.45, 7) is 4.91. The zero-order chi connectivity index (χ0) is 14.0. The van der Waals surface area contributed by atoms with Gasteiger partial charge in [0.05, 0.1) is 10.5 Å². The average Bonchev–Trinajstić information content (AvgIpc) is 2.39. The Morgan fingerprint density at radius 3 is 2.79 bits per heavy atom. The highest BCUT2D eigenvalue weighted by molar-refractivity contribution is 9.10. The SMILES string of the molecule is CC1CN(C(C#N)c2ccc(O)c(Br)c2)CCN1C. The minimum Gasteiger partial charge on any atom is -0.507 e. The van der Waals surface area contributed by atoms with Crippen LogP contribution in [0, 0.1) is 11.3 Å². The van der Waals surface area contributed by atoms with Crippen LogP contribution in [0.4, 0.5) is 0 Å². The lowest BCUT2D eigenvalue weighted by molar-refractivity contribution is 0.0881. The van der Waals surface area contributed by atoms with Crippen molar-refractivity contribution >= 4 is 15.9 Å². The highest BCUT2D eigenvalue weighted by Gasteiger charge is 2.27. The lowest BCUT2D eigenvalue weighted by Crippen LogP contribution is -2.50. The number of aromatic hydroxyl groups is 1. The van der Waals surface area contributed by atoms with E-state index in [9.17, 15) is 10.4 Å². The predicted molar refractivity (Wildman–Crippen MR) is 77.8 cm³/mol. The van der Waals surface area contributed by atoms with Crippen molar-refractivity contribution in [3.63, 3.8) is 0 Å². The molecule has 1 aliphatic rings. The molecule has 0 amide bonds. The van der Waals surface area contributed by atoms with E-state index in [1.807, 2.05) is 12.1 Å². The first kappa shape index (κ1) is 14.3. The van der Waals surface area contributed by atoms with E-state index in [1.165, 1.54) is 0 Å². The predicted octanol–water partition coefficient (Wildman–Crippen LogP) is 2.36. The zero-order valence-corrected chi connectivity index (χ0v) is 12.8. The van der Waals surface area contributed by atoms with Gasteiger partial charge in [-0.15, -0.1) is 0 Å². The van der Waals surface area contributed by atoms with E-state index in [0.717, 1.165) is 25.2 Å². The number of nitrogens with zero attached hydrogens (tertiary/aromatic N) is 3. The van der Waals surface area contributed by atoms with Crippen LogP contribution in [0.3, 0.4) is 0 Å². The molecule has 102 valence electrons. The monoisotopic (exact) mass is 323 g/mol. The largest absolute Gasteiger partial charge is 0.507 e. The van der Waals surface area contributed by atoms with E-state index in [4.69, 9.17) is 0 Å². The van der Waals surface area contributed by atoms with Crippen molar-refractivity contribution in [3.05, 3.63) is 28.2 Å². The van der Waals surface area contributed by atoms with Gasteiger partial charge in [0.25, 0.3) is 0 Å². The van der Waals surface area contributed by atoms with Crippen molar-refractivity contribution in [2.45, 2.75) is 19.0 Å². The number of likely N-dealkylation sites (N-methyl/N-ethyl adjacent to an activating group) is 1. The molecule has 1 aromatic carbocycles. The number of nitriles is 1. The van der Waals surface area contributed by atoms with Gasteiger partial charge in [-0.25, -0.2) is 0 Å². The Bertz CT molecular complexity index is 500. The zero-order valence-electron chi connectivity index (χ0n) is 11.2. The number of benzene rings is 1. The molecule has 0 bridgehead atoms. The van der Waals surface area contributed by atoms with Gasteiger partial charge in [0.15, 0.2) is 0 Å². The van der Waals surface area contributed by atoms with Gasteiger partial charge in [-0.1, -0.05) is 6.07 Å². The molecule has 2 unspecified atom stereocenters. The van der Waals surface area contributed by atoms with Gasteiger partial charge in [0.1, 0.15) is 11.8 Å². The van der Waals surface area contributed by atoms with Gasteiger partial charge < -0.3 is 10.0 Å². The molecule has 1 aliphatic heterocycles. The van der Waals surface area contributed by atoms with E-state index in [0.29, 0.717) is 10.5 Å². The number of phenols is 1. The van der Waals surface area contributed by atoms with Crippen molar-refractivity contribution in [1.29, 1.82) is 5.26 Å². The molecule has 2 rings (SSSR count). The summed E-state index contributed by atoms with van der Waals surface area (Å²) < 4.78 is 0.632. The average molecular weight is 324 g/mol. The number of phenolic OH excluding ortho intramolecular Hbond substituents is 1. The lowest BCUT2D eigenvalue weighted by atomic mass is 10.0. The standard InChI is InChI=1S/C14H18BrN3O/c1-10-9-18(6-5-17(10)2)13(8-16)11-3-4-14(19)12(15)7-11/h3-4,7,10,13,19H,5-6,9H2,1-2H3. The van der Waals surface area contributed by atoms with Gasteiger partial charge in [-0.2, -0.15) is 5.26 Å². The van der Waals surface area contributed by atoms with Crippen molar-refractivity contribution < 1.29 is 5.11 Å². The van der Waals surface area contributed by atoms with Crippen LogP contribution in [0.2, 0.25) is 0 Å². The molecule has 0 aromatic heterocycles. The van der Waals surface area contributed by atoms with Crippen LogP contribution < -0.4 is 0 Å². The molecule has 0 radical (unpaired) electrons. The Balaban J connectivity index is 2.20. The molecule has 1 aromatic rings. The van der Waals surface area contributed by atoms with Crippen molar-refractivity contribution in [2.24, 2.45) is 0 Å². The number of halogens is 1. The van der Waals surface area contributed by atoms with Crippen LogP contribution in [0.25, 0.3) is 0 Å². The highest BCUT2D eigenvalue weighted by atomic mass is 79.9. The Morgan fingerprint density at radius 2 is 2.21 bits per heavy atom. The summed E-state index contributed by atoms with van der Waals surface area (Å²) >= 11 is 3.30. The maximum Gasteiger partial charge on any atom is 0.129 e. The summed E-state index contributed by atoms with van der Waals surface area (Å²) in [5, 5.41) is 19.0. The fourth-order valence-corrected chi connectivity index (χ4v) is 2.77. The Hall–Kier alpha value is -1.09. The molecule has 1 heterocycles. The molecule has 5 heteroatoms. The van der Waals surface area contributed by atoms with Crippen molar-refractivity contribution in [3.8, 4) is 11.8 Å². The van der Waals surface area contributed by atoms with Gasteiger partial charge in [0, 0.05) is 25.7 Å². The van der Waals surface area contributed by atoms with Crippen LogP contribution in [-0.4, -0.2) is 47.6 Å². The molecule has 0 spiro atoms. The molecule has 1 saturated heterocycles.